The summed E-state index contributed by atoms with van der Waals surface area (Å²) in [4.78, 5) is 15.3. The Balaban J connectivity index is 2.04. The van der Waals surface area contributed by atoms with Gasteiger partial charge in [-0.25, -0.2) is 4.98 Å². The van der Waals surface area contributed by atoms with Gasteiger partial charge in [0.1, 0.15) is 5.75 Å². The first-order valence-corrected chi connectivity index (χ1v) is 5.24. The molecule has 1 aliphatic heterocycles. The van der Waals surface area contributed by atoms with Crippen molar-refractivity contribution in [1.29, 1.82) is 0 Å². The van der Waals surface area contributed by atoms with E-state index >= 15 is 0 Å². The van der Waals surface area contributed by atoms with Crippen LogP contribution in [-0.4, -0.2) is 27.7 Å². The number of ether oxygens (including phenoxy) is 1. The van der Waals surface area contributed by atoms with Crippen LogP contribution in [-0.2, 0) is 4.79 Å². The van der Waals surface area contributed by atoms with E-state index in [-0.39, 0.29) is 18.5 Å². The molecule has 0 saturated carbocycles. The highest BCUT2D eigenvalue weighted by molar-refractivity contribution is 5.96. The number of anilines is 2. The number of nitrogens with one attached hydrogen (secondary N) is 1. The second kappa shape index (κ2) is 3.95. The summed E-state index contributed by atoms with van der Waals surface area (Å²) in [6.45, 7) is 0.0361. The van der Waals surface area contributed by atoms with Crippen LogP contribution in [0.5, 0.6) is 5.75 Å². The largest absolute Gasteiger partial charge is 0.482 e. The van der Waals surface area contributed by atoms with Crippen molar-refractivity contribution < 1.29 is 9.53 Å². The predicted molar refractivity (Wildman–Crippen MR) is 63.8 cm³/mol. The van der Waals surface area contributed by atoms with Crippen molar-refractivity contribution in [2.24, 2.45) is 0 Å². The number of nitrogens with two attached hydrogens (primary N) is 1. The second-order valence-corrected chi connectivity index (χ2v) is 3.75. The zero-order chi connectivity index (χ0) is 12.5. The number of aromatic nitrogens is 3. The van der Waals surface area contributed by atoms with Crippen LogP contribution in [0.4, 0.5) is 11.6 Å². The van der Waals surface area contributed by atoms with Gasteiger partial charge >= 0.3 is 0 Å². The summed E-state index contributed by atoms with van der Waals surface area (Å²) in [5.74, 6) is 0.554. The summed E-state index contributed by atoms with van der Waals surface area (Å²) in [6.07, 6.45) is 1.50. The molecule has 3 rings (SSSR count). The first-order valence-electron chi connectivity index (χ1n) is 5.24. The van der Waals surface area contributed by atoms with Gasteiger partial charge in [-0.2, -0.15) is 5.10 Å². The molecule has 0 atom stereocenters. The number of benzene rings is 1. The maximum Gasteiger partial charge on any atom is 0.262 e. The quantitative estimate of drug-likeness (QED) is 0.753. The number of carbonyl (C=O) groups is 1. The first-order chi connectivity index (χ1) is 8.72. The number of nitrogens with zero attached hydrogens (tertiary/aromatic N) is 3. The predicted octanol–water partition coefficient (Wildman–Crippen LogP) is 0.452. The molecular weight excluding hydrogens is 234 g/mol. The molecular formula is C11H9N5O2. The summed E-state index contributed by atoms with van der Waals surface area (Å²) >= 11 is 0. The maximum absolute atomic E-state index is 11.2. The molecule has 1 aliphatic rings. The van der Waals surface area contributed by atoms with Gasteiger partial charge in [0.2, 0.25) is 5.95 Å². The van der Waals surface area contributed by atoms with Crippen molar-refractivity contribution in [1.82, 2.24) is 15.2 Å². The lowest BCUT2D eigenvalue weighted by Crippen LogP contribution is -2.25. The van der Waals surface area contributed by atoms with Crippen LogP contribution >= 0.6 is 0 Å². The van der Waals surface area contributed by atoms with Crippen LogP contribution in [0.1, 0.15) is 0 Å². The Morgan fingerprint density at radius 2 is 2.28 bits per heavy atom. The minimum absolute atomic E-state index is 0.0361. The fraction of sp³-hybridized carbons (Fsp3) is 0.0909. The average molecular weight is 243 g/mol. The molecule has 7 heteroatoms. The van der Waals surface area contributed by atoms with Crippen molar-refractivity contribution >= 4 is 17.5 Å². The highest BCUT2D eigenvalue weighted by atomic mass is 16.5. The van der Waals surface area contributed by atoms with Gasteiger partial charge in [-0.05, 0) is 18.2 Å². The Bertz CT molecular complexity index is 629. The third-order valence-electron chi connectivity index (χ3n) is 2.48. The minimum atomic E-state index is -0.181. The summed E-state index contributed by atoms with van der Waals surface area (Å²) in [6, 6.07) is 5.35. The molecule has 0 unspecified atom stereocenters. The van der Waals surface area contributed by atoms with Gasteiger partial charge in [-0.1, -0.05) is 0 Å². The van der Waals surface area contributed by atoms with Crippen LogP contribution in [0.25, 0.3) is 11.3 Å². The molecule has 0 aliphatic carbocycles. The molecule has 0 saturated heterocycles. The number of hydrogen-bond donors (Lipinski definition) is 2. The molecule has 3 N–H and O–H groups in total. The molecule has 18 heavy (non-hydrogen) atoms. The number of carbonyl (C=O) groups excluding carboxylic acids is 1. The van der Waals surface area contributed by atoms with Crippen LogP contribution < -0.4 is 15.8 Å². The Kier molecular flexibility index (Phi) is 2.30. The third kappa shape index (κ3) is 1.81. The van der Waals surface area contributed by atoms with Crippen molar-refractivity contribution in [2.75, 3.05) is 17.7 Å². The van der Waals surface area contributed by atoms with Crippen LogP contribution in [0.2, 0.25) is 0 Å². The molecule has 0 radical (unpaired) electrons. The van der Waals surface area contributed by atoms with Crippen LogP contribution in [0.3, 0.4) is 0 Å². The number of hydrogen-bond acceptors (Lipinski definition) is 6. The Morgan fingerprint density at radius 1 is 1.39 bits per heavy atom. The summed E-state index contributed by atoms with van der Waals surface area (Å²) in [5.41, 5.74) is 7.46. The smallest absolute Gasteiger partial charge is 0.262 e. The van der Waals surface area contributed by atoms with E-state index < -0.39 is 0 Å². The third-order valence-corrected chi connectivity index (χ3v) is 2.48. The van der Waals surface area contributed by atoms with Crippen LogP contribution in [0, 0.1) is 0 Å². The zero-order valence-corrected chi connectivity index (χ0v) is 9.25. The van der Waals surface area contributed by atoms with Gasteiger partial charge in [-0.15, -0.1) is 5.10 Å². The van der Waals surface area contributed by atoms with Gasteiger partial charge < -0.3 is 15.8 Å². The van der Waals surface area contributed by atoms with Gasteiger partial charge in [0.15, 0.2) is 6.61 Å². The van der Waals surface area contributed by atoms with Crippen LogP contribution in [0.15, 0.2) is 24.4 Å². The zero-order valence-electron chi connectivity index (χ0n) is 9.25. The molecule has 1 aromatic carbocycles. The monoisotopic (exact) mass is 243 g/mol. The topological polar surface area (TPSA) is 103 Å². The molecule has 1 amide bonds. The molecule has 1 aromatic heterocycles. The van der Waals surface area contributed by atoms with E-state index in [0.717, 1.165) is 5.56 Å². The van der Waals surface area contributed by atoms with Crippen molar-refractivity contribution in [3.05, 3.63) is 24.4 Å². The van der Waals surface area contributed by atoms with E-state index in [9.17, 15) is 4.79 Å². The highest BCUT2D eigenvalue weighted by Crippen LogP contribution is 2.31. The molecule has 2 heterocycles. The number of fused-ring (bicyclic) bond motifs is 1. The van der Waals surface area contributed by atoms with Gasteiger partial charge in [0, 0.05) is 5.56 Å². The van der Waals surface area contributed by atoms with E-state index in [2.05, 4.69) is 20.5 Å². The number of nitrogen functional groups attached to an aromatic ring is 1. The Hall–Kier alpha value is -2.70. The van der Waals surface area contributed by atoms with E-state index in [1.807, 2.05) is 6.07 Å². The fourth-order valence-corrected chi connectivity index (χ4v) is 1.70. The lowest BCUT2D eigenvalue weighted by Gasteiger charge is -2.18. The van der Waals surface area contributed by atoms with Gasteiger partial charge in [0.05, 0.1) is 17.6 Å². The van der Waals surface area contributed by atoms with E-state index in [1.165, 1.54) is 6.20 Å². The molecule has 2 aromatic rings. The molecule has 0 spiro atoms. The molecule has 0 bridgehead atoms. The SMILES string of the molecule is Nc1nncc(-c2ccc3c(c2)NC(=O)CO3)n1. The van der Waals surface area contributed by atoms with Crippen molar-refractivity contribution in [3.8, 4) is 17.0 Å². The second-order valence-electron chi connectivity index (χ2n) is 3.75. The lowest BCUT2D eigenvalue weighted by atomic mass is 10.1. The van der Waals surface area contributed by atoms with E-state index in [0.29, 0.717) is 17.1 Å². The Morgan fingerprint density at radius 3 is 3.11 bits per heavy atom. The molecule has 0 fully saturated rings. The summed E-state index contributed by atoms with van der Waals surface area (Å²) < 4.78 is 5.27. The summed E-state index contributed by atoms with van der Waals surface area (Å²) in [5, 5.41) is 10.0. The number of rotatable bonds is 1. The maximum atomic E-state index is 11.2. The first kappa shape index (κ1) is 10.5. The minimum Gasteiger partial charge on any atom is -0.482 e. The standard InChI is InChI=1S/C11H9N5O2/c12-11-15-8(4-13-16-11)6-1-2-9-7(3-6)14-10(17)5-18-9/h1-4H,5H2,(H,14,17)(H2,12,15,16). The van der Waals surface area contributed by atoms with Gasteiger partial charge in [0.25, 0.3) is 5.91 Å². The molecule has 90 valence electrons. The Labute approximate surface area is 102 Å². The average Bonchev–Trinajstić information content (AvgIpc) is 2.38. The highest BCUT2D eigenvalue weighted by Gasteiger charge is 2.16. The molecule has 7 nitrogen and oxygen atoms in total. The fourth-order valence-electron chi connectivity index (χ4n) is 1.70. The summed E-state index contributed by atoms with van der Waals surface area (Å²) in [7, 11) is 0. The van der Waals surface area contributed by atoms with E-state index in [1.54, 1.807) is 12.1 Å². The number of amides is 1. The lowest BCUT2D eigenvalue weighted by molar-refractivity contribution is -0.118. The van der Waals surface area contributed by atoms with Gasteiger partial charge in [-0.3, -0.25) is 4.79 Å². The van der Waals surface area contributed by atoms with Crippen molar-refractivity contribution in [2.45, 2.75) is 0 Å². The normalized spacial score (nSPS) is 13.4. The van der Waals surface area contributed by atoms with Crippen molar-refractivity contribution in [3.63, 3.8) is 0 Å². The van der Waals surface area contributed by atoms with E-state index in [4.69, 9.17) is 10.5 Å².